The number of pyridine rings is 1. The van der Waals surface area contributed by atoms with Crippen LogP contribution in [0.5, 0.6) is 0 Å². The Morgan fingerprint density at radius 3 is 2.83 bits per heavy atom. The van der Waals surface area contributed by atoms with Gasteiger partial charge in [-0.05, 0) is 28.4 Å². The Morgan fingerprint density at radius 2 is 2.17 bits per heavy atom. The van der Waals surface area contributed by atoms with E-state index in [4.69, 9.17) is 4.74 Å². The number of halogens is 1. The summed E-state index contributed by atoms with van der Waals surface area (Å²) in [6, 6.07) is 1.51. The summed E-state index contributed by atoms with van der Waals surface area (Å²) >= 11 is 3.19. The Hall–Kier alpha value is -0.500. The van der Waals surface area contributed by atoms with Crippen LogP contribution in [0.25, 0.3) is 0 Å². The monoisotopic (exact) mass is 336 g/mol. The molecule has 18 heavy (non-hydrogen) atoms. The van der Waals surface area contributed by atoms with E-state index < -0.39 is 10.0 Å². The first-order chi connectivity index (χ1) is 8.56. The predicted molar refractivity (Wildman–Crippen MR) is 72.9 cm³/mol. The number of nitrogens with one attached hydrogen (secondary N) is 1. The van der Waals surface area contributed by atoms with Crippen molar-refractivity contribution in [3.05, 3.63) is 22.9 Å². The largest absolute Gasteiger partial charge is 0.380 e. The molecule has 0 fully saturated rings. The highest BCUT2D eigenvalue weighted by atomic mass is 79.9. The van der Waals surface area contributed by atoms with Crippen LogP contribution in [0.3, 0.4) is 0 Å². The molecule has 0 saturated heterocycles. The van der Waals surface area contributed by atoms with E-state index in [-0.39, 0.29) is 11.4 Å². The number of hydrogen-bond acceptors (Lipinski definition) is 4. The molecule has 0 bridgehead atoms. The lowest BCUT2D eigenvalue weighted by Gasteiger charge is -2.07. The van der Waals surface area contributed by atoms with Gasteiger partial charge in [-0.3, -0.25) is 4.98 Å². The molecule has 0 aliphatic heterocycles. The van der Waals surface area contributed by atoms with Gasteiger partial charge in [-0.15, -0.1) is 0 Å². The van der Waals surface area contributed by atoms with Crippen LogP contribution in [-0.4, -0.2) is 33.2 Å². The number of rotatable bonds is 8. The second kappa shape index (κ2) is 7.83. The van der Waals surface area contributed by atoms with E-state index in [9.17, 15) is 8.42 Å². The highest BCUT2D eigenvalue weighted by Gasteiger charge is 2.13. The van der Waals surface area contributed by atoms with Gasteiger partial charge < -0.3 is 4.74 Å². The molecule has 1 heterocycles. The number of hydrogen-bond donors (Lipinski definition) is 1. The molecule has 0 saturated carbocycles. The topological polar surface area (TPSA) is 68.3 Å². The van der Waals surface area contributed by atoms with Crippen molar-refractivity contribution >= 4 is 26.0 Å². The third-order valence-electron chi connectivity index (χ3n) is 2.17. The summed E-state index contributed by atoms with van der Waals surface area (Å²) < 4.78 is 32.1. The number of nitrogens with zero attached hydrogens (tertiary/aromatic N) is 1. The smallest absolute Gasteiger partial charge is 0.242 e. The zero-order valence-electron chi connectivity index (χ0n) is 10.2. The molecule has 1 N–H and O–H groups in total. The fourth-order valence-corrected chi connectivity index (χ4v) is 2.74. The van der Waals surface area contributed by atoms with Gasteiger partial charge in [0.2, 0.25) is 10.0 Å². The maximum Gasteiger partial charge on any atom is 0.242 e. The molecule has 102 valence electrons. The van der Waals surface area contributed by atoms with Crippen molar-refractivity contribution in [2.24, 2.45) is 0 Å². The van der Waals surface area contributed by atoms with E-state index in [2.05, 4.69) is 32.6 Å². The molecule has 0 radical (unpaired) electrons. The highest BCUT2D eigenvalue weighted by molar-refractivity contribution is 9.10. The van der Waals surface area contributed by atoms with Crippen molar-refractivity contribution in [2.75, 3.05) is 19.8 Å². The van der Waals surface area contributed by atoms with Crippen LogP contribution < -0.4 is 4.72 Å². The van der Waals surface area contributed by atoms with E-state index in [1.54, 1.807) is 0 Å². The lowest BCUT2D eigenvalue weighted by molar-refractivity contribution is 0.136. The second-order valence-corrected chi connectivity index (χ2v) is 6.39. The van der Waals surface area contributed by atoms with Crippen LogP contribution >= 0.6 is 15.9 Å². The van der Waals surface area contributed by atoms with Crippen LogP contribution in [0.4, 0.5) is 0 Å². The lowest BCUT2D eigenvalue weighted by atomic mass is 10.4. The molecule has 1 rings (SSSR count). The zero-order valence-corrected chi connectivity index (χ0v) is 12.6. The van der Waals surface area contributed by atoms with E-state index in [0.717, 1.165) is 12.8 Å². The summed E-state index contributed by atoms with van der Waals surface area (Å²) in [5, 5.41) is 0. The number of aromatic nitrogens is 1. The summed E-state index contributed by atoms with van der Waals surface area (Å²) in [6.45, 7) is 3.38. The molecule has 5 nitrogen and oxygen atoms in total. The molecule has 0 spiro atoms. The maximum absolute atomic E-state index is 11.8. The molecule has 0 atom stereocenters. The Bertz CT molecular complexity index is 465. The van der Waals surface area contributed by atoms with Crippen molar-refractivity contribution in [1.29, 1.82) is 0 Å². The van der Waals surface area contributed by atoms with Gasteiger partial charge in [-0.1, -0.05) is 13.3 Å². The van der Waals surface area contributed by atoms with Gasteiger partial charge in [-0.2, -0.15) is 0 Å². The summed E-state index contributed by atoms with van der Waals surface area (Å²) in [4.78, 5) is 3.97. The van der Waals surface area contributed by atoms with Crippen LogP contribution in [0, 0.1) is 0 Å². The van der Waals surface area contributed by atoms with Crippen LogP contribution in [0.15, 0.2) is 27.8 Å². The second-order valence-electron chi connectivity index (χ2n) is 3.70. The first-order valence-corrected chi connectivity index (χ1v) is 8.02. The molecule has 0 amide bonds. The van der Waals surface area contributed by atoms with E-state index in [0.29, 0.717) is 17.7 Å². The standard InChI is InChI=1S/C11H17BrN2O3S/c1-2-3-5-17-6-4-14-18(15,16)11-7-10(12)8-13-9-11/h7-9,14H,2-6H2,1H3. The molecule has 0 aliphatic rings. The Labute approximate surface area is 116 Å². The van der Waals surface area contributed by atoms with Crippen molar-refractivity contribution in [3.8, 4) is 0 Å². The predicted octanol–water partition coefficient (Wildman–Crippen LogP) is 1.94. The number of ether oxygens (including phenoxy) is 1. The van der Waals surface area contributed by atoms with Crippen molar-refractivity contribution < 1.29 is 13.2 Å². The Balaban J connectivity index is 2.41. The summed E-state index contributed by atoms with van der Waals surface area (Å²) in [5.74, 6) is 0. The van der Waals surface area contributed by atoms with Gasteiger partial charge in [0.25, 0.3) is 0 Å². The lowest BCUT2D eigenvalue weighted by Crippen LogP contribution is -2.27. The average molecular weight is 337 g/mol. The Morgan fingerprint density at radius 1 is 1.39 bits per heavy atom. The molecule has 1 aromatic heterocycles. The SMILES string of the molecule is CCCCOCCNS(=O)(=O)c1cncc(Br)c1. The fraction of sp³-hybridized carbons (Fsp3) is 0.545. The summed E-state index contributed by atoms with van der Waals surface area (Å²) in [6.07, 6.45) is 4.90. The molecule has 0 aromatic carbocycles. The summed E-state index contributed by atoms with van der Waals surface area (Å²) in [7, 11) is -3.50. The van der Waals surface area contributed by atoms with Gasteiger partial charge in [0.1, 0.15) is 4.90 Å². The molecule has 7 heteroatoms. The first-order valence-electron chi connectivity index (χ1n) is 5.74. The van der Waals surface area contributed by atoms with E-state index in [1.807, 2.05) is 0 Å². The maximum atomic E-state index is 11.8. The molecular weight excluding hydrogens is 320 g/mol. The van der Waals surface area contributed by atoms with Crippen molar-refractivity contribution in [1.82, 2.24) is 9.71 Å². The number of unbranched alkanes of at least 4 members (excludes halogenated alkanes) is 1. The molecule has 0 unspecified atom stereocenters. The molecular formula is C11H17BrN2O3S. The minimum Gasteiger partial charge on any atom is -0.380 e. The van der Waals surface area contributed by atoms with Gasteiger partial charge in [-0.25, -0.2) is 13.1 Å². The minimum atomic E-state index is -3.50. The van der Waals surface area contributed by atoms with Crippen LogP contribution in [0.1, 0.15) is 19.8 Å². The summed E-state index contributed by atoms with van der Waals surface area (Å²) in [5.41, 5.74) is 0. The molecule has 0 aliphatic carbocycles. The van der Waals surface area contributed by atoms with Crippen molar-refractivity contribution in [2.45, 2.75) is 24.7 Å². The van der Waals surface area contributed by atoms with Gasteiger partial charge in [0.05, 0.1) is 6.61 Å². The third-order valence-corrected chi connectivity index (χ3v) is 4.03. The van der Waals surface area contributed by atoms with Gasteiger partial charge >= 0.3 is 0 Å². The first kappa shape index (κ1) is 15.6. The average Bonchev–Trinajstić information content (AvgIpc) is 2.33. The normalized spacial score (nSPS) is 11.7. The van der Waals surface area contributed by atoms with Gasteiger partial charge in [0.15, 0.2) is 0 Å². The highest BCUT2D eigenvalue weighted by Crippen LogP contribution is 2.13. The van der Waals surface area contributed by atoms with Crippen LogP contribution in [-0.2, 0) is 14.8 Å². The Kier molecular flexibility index (Phi) is 6.77. The van der Waals surface area contributed by atoms with Crippen LogP contribution in [0.2, 0.25) is 0 Å². The minimum absolute atomic E-state index is 0.144. The number of sulfonamides is 1. The molecule has 1 aromatic rings. The zero-order chi connectivity index (χ0) is 13.4. The van der Waals surface area contributed by atoms with E-state index in [1.165, 1.54) is 18.5 Å². The fourth-order valence-electron chi connectivity index (χ4n) is 1.22. The third kappa shape index (κ3) is 5.43. The van der Waals surface area contributed by atoms with Gasteiger partial charge in [0, 0.05) is 30.0 Å². The van der Waals surface area contributed by atoms with E-state index >= 15 is 0 Å². The quantitative estimate of drug-likeness (QED) is 0.736. The van der Waals surface area contributed by atoms with Crippen molar-refractivity contribution in [3.63, 3.8) is 0 Å².